The van der Waals surface area contributed by atoms with E-state index in [1.807, 2.05) is 0 Å². The zero-order valence-electron chi connectivity index (χ0n) is 17.3. The molecule has 10 nitrogen and oxygen atoms in total. The number of hydrogen-bond donors (Lipinski definition) is 2. The molecule has 0 radical (unpaired) electrons. The average Bonchev–Trinajstić information content (AvgIpc) is 2.75. The Hall–Kier alpha value is -3.95. The summed E-state index contributed by atoms with van der Waals surface area (Å²) >= 11 is 0. The Morgan fingerprint density at radius 3 is 2.35 bits per heavy atom. The molecule has 0 spiro atoms. The van der Waals surface area contributed by atoms with Crippen molar-refractivity contribution in [3.8, 4) is 5.75 Å². The van der Waals surface area contributed by atoms with Crippen molar-refractivity contribution in [2.75, 3.05) is 18.6 Å². The third-order valence-corrected chi connectivity index (χ3v) is 4.45. The topological polar surface area (TPSA) is 139 Å². The highest BCUT2D eigenvalue weighted by Gasteiger charge is 2.23. The Balaban J connectivity index is 1.99. The summed E-state index contributed by atoms with van der Waals surface area (Å²) in [5.41, 5.74) is 0.509. The SMILES string of the molecule is CC(C)C(NC(=O)COc1ccc(N(C)C(=O)c2cccc([N+](=O)[O-])c2)cc1)C(=O)O. The van der Waals surface area contributed by atoms with Gasteiger partial charge < -0.3 is 20.1 Å². The lowest BCUT2D eigenvalue weighted by atomic mass is 10.1. The Bertz CT molecular complexity index is 973. The van der Waals surface area contributed by atoms with Crippen LogP contribution in [0.2, 0.25) is 0 Å². The van der Waals surface area contributed by atoms with Crippen LogP contribution in [0.1, 0.15) is 24.2 Å². The lowest BCUT2D eigenvalue weighted by Crippen LogP contribution is -2.46. The van der Waals surface area contributed by atoms with E-state index < -0.39 is 28.7 Å². The number of ether oxygens (including phenoxy) is 1. The van der Waals surface area contributed by atoms with Crippen LogP contribution in [-0.4, -0.2) is 47.5 Å². The molecule has 2 N–H and O–H groups in total. The van der Waals surface area contributed by atoms with Crippen LogP contribution in [0.4, 0.5) is 11.4 Å². The standard InChI is InChI=1S/C21H23N3O7/c1-13(2)19(21(27)28)22-18(25)12-31-17-9-7-15(8-10-17)23(3)20(26)14-5-4-6-16(11-14)24(29)30/h4-11,13,19H,12H2,1-3H3,(H,22,25)(H,27,28). The second-order valence-corrected chi connectivity index (χ2v) is 7.08. The monoisotopic (exact) mass is 429 g/mol. The maximum absolute atomic E-state index is 12.6. The number of nitrogens with zero attached hydrogens (tertiary/aromatic N) is 2. The van der Waals surface area contributed by atoms with E-state index in [-0.39, 0.29) is 23.8 Å². The molecule has 164 valence electrons. The maximum Gasteiger partial charge on any atom is 0.326 e. The van der Waals surface area contributed by atoms with Crippen LogP contribution in [-0.2, 0) is 9.59 Å². The van der Waals surface area contributed by atoms with Gasteiger partial charge in [-0.15, -0.1) is 0 Å². The summed E-state index contributed by atoms with van der Waals surface area (Å²) in [7, 11) is 1.53. The molecule has 0 aromatic heterocycles. The second kappa shape index (κ2) is 10.2. The van der Waals surface area contributed by atoms with Crippen LogP contribution in [0.15, 0.2) is 48.5 Å². The van der Waals surface area contributed by atoms with Crippen LogP contribution in [0.3, 0.4) is 0 Å². The Morgan fingerprint density at radius 1 is 1.16 bits per heavy atom. The molecule has 0 aliphatic rings. The molecule has 2 aromatic rings. The van der Waals surface area contributed by atoms with Crippen molar-refractivity contribution in [1.29, 1.82) is 0 Å². The number of carbonyl (C=O) groups excluding carboxylic acids is 2. The van der Waals surface area contributed by atoms with E-state index in [0.29, 0.717) is 11.4 Å². The summed E-state index contributed by atoms with van der Waals surface area (Å²) < 4.78 is 5.37. The van der Waals surface area contributed by atoms with E-state index >= 15 is 0 Å². The zero-order valence-corrected chi connectivity index (χ0v) is 17.3. The molecule has 2 rings (SSSR count). The Morgan fingerprint density at radius 2 is 1.81 bits per heavy atom. The number of benzene rings is 2. The predicted octanol–water partition coefficient (Wildman–Crippen LogP) is 2.48. The first kappa shape index (κ1) is 23.3. The highest BCUT2D eigenvalue weighted by Crippen LogP contribution is 2.21. The molecule has 0 bridgehead atoms. The van der Waals surface area contributed by atoms with Crippen LogP contribution in [0.5, 0.6) is 5.75 Å². The number of amides is 2. The molecule has 1 unspecified atom stereocenters. The molecule has 0 fully saturated rings. The van der Waals surface area contributed by atoms with E-state index in [1.165, 1.54) is 36.2 Å². The third-order valence-electron chi connectivity index (χ3n) is 4.45. The van der Waals surface area contributed by atoms with Gasteiger partial charge in [-0.3, -0.25) is 19.7 Å². The molecule has 0 saturated heterocycles. The predicted molar refractivity (Wildman–Crippen MR) is 112 cm³/mol. The lowest BCUT2D eigenvalue weighted by molar-refractivity contribution is -0.384. The number of carbonyl (C=O) groups is 3. The number of hydrogen-bond acceptors (Lipinski definition) is 6. The number of rotatable bonds is 9. The molecule has 2 aromatic carbocycles. The molecule has 31 heavy (non-hydrogen) atoms. The third kappa shape index (κ3) is 6.26. The fourth-order valence-electron chi connectivity index (χ4n) is 2.71. The summed E-state index contributed by atoms with van der Waals surface area (Å²) in [5.74, 6) is -2.04. The highest BCUT2D eigenvalue weighted by atomic mass is 16.6. The first-order chi connectivity index (χ1) is 14.6. The van der Waals surface area contributed by atoms with Gasteiger partial charge in [0.2, 0.25) is 0 Å². The van der Waals surface area contributed by atoms with Crippen LogP contribution in [0.25, 0.3) is 0 Å². The number of aliphatic carboxylic acids is 1. The molecule has 1 atom stereocenters. The lowest BCUT2D eigenvalue weighted by Gasteiger charge is -2.19. The summed E-state index contributed by atoms with van der Waals surface area (Å²) in [5, 5.41) is 22.4. The van der Waals surface area contributed by atoms with Gasteiger partial charge in [-0.05, 0) is 36.2 Å². The summed E-state index contributed by atoms with van der Waals surface area (Å²) in [4.78, 5) is 47.3. The maximum atomic E-state index is 12.6. The molecule has 0 heterocycles. The fourth-order valence-corrected chi connectivity index (χ4v) is 2.71. The van der Waals surface area contributed by atoms with Crippen LogP contribution < -0.4 is 15.0 Å². The smallest absolute Gasteiger partial charge is 0.326 e. The molecule has 0 saturated carbocycles. The van der Waals surface area contributed by atoms with Gasteiger partial charge in [0, 0.05) is 30.4 Å². The van der Waals surface area contributed by atoms with Gasteiger partial charge in [0.15, 0.2) is 6.61 Å². The highest BCUT2D eigenvalue weighted by molar-refractivity contribution is 6.06. The number of anilines is 1. The summed E-state index contributed by atoms with van der Waals surface area (Å²) in [6, 6.07) is 10.7. The Kier molecular flexibility index (Phi) is 7.67. The molecule has 0 aliphatic carbocycles. The molecule has 2 amide bonds. The molecular formula is C21H23N3O7. The number of carboxylic acid groups (broad SMARTS) is 1. The Labute approximate surface area is 178 Å². The van der Waals surface area contributed by atoms with Crippen molar-refractivity contribution in [2.45, 2.75) is 19.9 Å². The van der Waals surface area contributed by atoms with E-state index in [9.17, 15) is 24.5 Å². The fraction of sp³-hybridized carbons (Fsp3) is 0.286. The van der Waals surface area contributed by atoms with Crippen molar-refractivity contribution < 1.29 is 29.2 Å². The normalized spacial score (nSPS) is 11.5. The van der Waals surface area contributed by atoms with E-state index in [4.69, 9.17) is 9.84 Å². The minimum atomic E-state index is -1.12. The second-order valence-electron chi connectivity index (χ2n) is 7.08. The quantitative estimate of drug-likeness (QED) is 0.461. The van der Waals surface area contributed by atoms with Crippen molar-refractivity contribution in [1.82, 2.24) is 5.32 Å². The summed E-state index contributed by atoms with van der Waals surface area (Å²) in [6.45, 7) is 3.01. The number of nitro groups is 1. The first-order valence-corrected chi connectivity index (χ1v) is 9.37. The van der Waals surface area contributed by atoms with Gasteiger partial charge in [-0.1, -0.05) is 19.9 Å². The van der Waals surface area contributed by atoms with Gasteiger partial charge >= 0.3 is 5.97 Å². The van der Waals surface area contributed by atoms with Gasteiger partial charge in [0.25, 0.3) is 17.5 Å². The zero-order chi connectivity index (χ0) is 23.1. The summed E-state index contributed by atoms with van der Waals surface area (Å²) in [6.07, 6.45) is 0. The molecular weight excluding hydrogens is 406 g/mol. The van der Waals surface area contributed by atoms with Gasteiger partial charge in [0.05, 0.1) is 4.92 Å². The van der Waals surface area contributed by atoms with Crippen molar-refractivity contribution >= 4 is 29.2 Å². The first-order valence-electron chi connectivity index (χ1n) is 9.37. The minimum Gasteiger partial charge on any atom is -0.484 e. The van der Waals surface area contributed by atoms with Gasteiger partial charge in [-0.25, -0.2) is 4.79 Å². The number of carboxylic acids is 1. The number of nitro benzene ring substituents is 1. The van der Waals surface area contributed by atoms with Crippen molar-refractivity contribution in [2.24, 2.45) is 5.92 Å². The molecule has 0 aliphatic heterocycles. The minimum absolute atomic E-state index is 0.173. The van der Waals surface area contributed by atoms with Crippen LogP contribution in [0, 0.1) is 16.0 Å². The van der Waals surface area contributed by atoms with Gasteiger partial charge in [-0.2, -0.15) is 0 Å². The van der Waals surface area contributed by atoms with Crippen LogP contribution >= 0.6 is 0 Å². The van der Waals surface area contributed by atoms with Crippen molar-refractivity contribution in [3.05, 3.63) is 64.2 Å². The average molecular weight is 429 g/mol. The largest absolute Gasteiger partial charge is 0.484 e. The molecule has 10 heteroatoms. The van der Waals surface area contributed by atoms with Crippen molar-refractivity contribution in [3.63, 3.8) is 0 Å². The van der Waals surface area contributed by atoms with E-state index in [1.54, 1.807) is 38.1 Å². The number of nitrogens with one attached hydrogen (secondary N) is 1. The van der Waals surface area contributed by atoms with Gasteiger partial charge in [0.1, 0.15) is 11.8 Å². The van der Waals surface area contributed by atoms with E-state index in [0.717, 1.165) is 0 Å². The van der Waals surface area contributed by atoms with E-state index in [2.05, 4.69) is 5.32 Å². The number of non-ortho nitro benzene ring substituents is 1.